The third-order valence-electron chi connectivity index (χ3n) is 5.38. The lowest BCUT2D eigenvalue weighted by Gasteiger charge is -2.24. The van der Waals surface area contributed by atoms with Gasteiger partial charge in [0.1, 0.15) is 5.75 Å². The Morgan fingerprint density at radius 1 is 1.03 bits per heavy atom. The number of anilines is 1. The highest BCUT2D eigenvalue weighted by Crippen LogP contribution is 2.30. The Bertz CT molecular complexity index is 969. The summed E-state index contributed by atoms with van der Waals surface area (Å²) in [6, 6.07) is 11.8. The Morgan fingerprint density at radius 3 is 2.32 bits per heavy atom. The second-order valence-electron chi connectivity index (χ2n) is 7.61. The Hall–Kier alpha value is -3.19. The molecule has 0 aliphatic carbocycles. The molecule has 7 nitrogen and oxygen atoms in total. The molecular formula is C24H29N3O4. The molecule has 2 aromatic rings. The van der Waals surface area contributed by atoms with Gasteiger partial charge in [0.05, 0.1) is 23.4 Å². The van der Waals surface area contributed by atoms with E-state index in [1.54, 1.807) is 36.4 Å². The van der Waals surface area contributed by atoms with Gasteiger partial charge in [0.25, 0.3) is 17.7 Å². The van der Waals surface area contributed by atoms with Crippen LogP contribution in [0, 0.1) is 0 Å². The predicted molar refractivity (Wildman–Crippen MR) is 120 cm³/mol. The van der Waals surface area contributed by atoms with Gasteiger partial charge >= 0.3 is 0 Å². The van der Waals surface area contributed by atoms with Crippen molar-refractivity contribution in [1.82, 2.24) is 10.2 Å². The monoisotopic (exact) mass is 423 g/mol. The lowest BCUT2D eigenvalue weighted by Crippen LogP contribution is -2.38. The standard InChI is InChI=1S/C24H29N3O4/c1-5-26(16(3)4)14-13-25-22(28)17-7-12-20-21(15-17)24(30)27(23(20)29)18-8-10-19(11-9-18)31-6-2/h7-12,15-16H,5-6,13-14H2,1-4H3,(H,25,28). The van der Waals surface area contributed by atoms with Crippen LogP contribution in [0.15, 0.2) is 42.5 Å². The molecule has 0 saturated carbocycles. The molecule has 0 bridgehead atoms. The number of hydrogen-bond acceptors (Lipinski definition) is 5. The molecule has 0 aromatic heterocycles. The van der Waals surface area contributed by atoms with Gasteiger partial charge in [-0.3, -0.25) is 19.3 Å². The van der Waals surface area contributed by atoms with Crippen LogP contribution >= 0.6 is 0 Å². The number of carbonyl (C=O) groups excluding carboxylic acids is 3. The van der Waals surface area contributed by atoms with Crippen LogP contribution in [-0.2, 0) is 0 Å². The molecule has 0 atom stereocenters. The third kappa shape index (κ3) is 4.77. The molecule has 31 heavy (non-hydrogen) atoms. The Morgan fingerprint density at radius 2 is 1.71 bits per heavy atom. The van der Waals surface area contributed by atoms with Gasteiger partial charge in [0.2, 0.25) is 0 Å². The number of fused-ring (bicyclic) bond motifs is 1. The molecular weight excluding hydrogens is 394 g/mol. The smallest absolute Gasteiger partial charge is 0.266 e. The van der Waals surface area contributed by atoms with Crippen molar-refractivity contribution in [2.75, 3.05) is 31.1 Å². The van der Waals surface area contributed by atoms with Crippen LogP contribution in [-0.4, -0.2) is 54.9 Å². The van der Waals surface area contributed by atoms with E-state index in [9.17, 15) is 14.4 Å². The Labute approximate surface area is 183 Å². The van der Waals surface area contributed by atoms with Gasteiger partial charge in [0, 0.05) is 24.7 Å². The second-order valence-corrected chi connectivity index (χ2v) is 7.61. The predicted octanol–water partition coefficient (Wildman–Crippen LogP) is 3.35. The summed E-state index contributed by atoms with van der Waals surface area (Å²) in [6.45, 7) is 10.9. The molecule has 0 unspecified atom stereocenters. The van der Waals surface area contributed by atoms with Crippen molar-refractivity contribution in [3.05, 3.63) is 59.2 Å². The number of carbonyl (C=O) groups is 3. The summed E-state index contributed by atoms with van der Waals surface area (Å²) in [4.78, 5) is 41.7. The molecule has 164 valence electrons. The van der Waals surface area contributed by atoms with Gasteiger partial charge in [0.15, 0.2) is 0 Å². The summed E-state index contributed by atoms with van der Waals surface area (Å²) < 4.78 is 5.41. The molecule has 1 aliphatic heterocycles. The van der Waals surface area contributed by atoms with E-state index in [-0.39, 0.29) is 11.5 Å². The highest BCUT2D eigenvalue weighted by Gasteiger charge is 2.37. The summed E-state index contributed by atoms with van der Waals surface area (Å²) in [5, 5.41) is 2.89. The zero-order chi connectivity index (χ0) is 22.5. The molecule has 1 aliphatic rings. The van der Waals surface area contributed by atoms with Crippen molar-refractivity contribution < 1.29 is 19.1 Å². The minimum absolute atomic E-state index is 0.240. The first-order valence-corrected chi connectivity index (χ1v) is 10.6. The third-order valence-corrected chi connectivity index (χ3v) is 5.38. The molecule has 2 aromatic carbocycles. The van der Waals surface area contributed by atoms with E-state index in [4.69, 9.17) is 4.74 Å². The van der Waals surface area contributed by atoms with E-state index in [0.717, 1.165) is 18.0 Å². The van der Waals surface area contributed by atoms with Gasteiger partial charge in [-0.05, 0) is 69.8 Å². The van der Waals surface area contributed by atoms with Gasteiger partial charge in [-0.2, -0.15) is 0 Å². The summed E-state index contributed by atoms with van der Waals surface area (Å²) in [6.07, 6.45) is 0. The number of nitrogens with one attached hydrogen (secondary N) is 1. The van der Waals surface area contributed by atoms with E-state index in [1.165, 1.54) is 6.07 Å². The van der Waals surface area contributed by atoms with Crippen molar-refractivity contribution in [2.24, 2.45) is 0 Å². The van der Waals surface area contributed by atoms with Crippen LogP contribution in [0.5, 0.6) is 5.75 Å². The maximum absolute atomic E-state index is 12.9. The first kappa shape index (κ1) is 22.5. The number of hydrogen-bond donors (Lipinski definition) is 1. The quantitative estimate of drug-likeness (QED) is 0.626. The number of nitrogens with zero attached hydrogens (tertiary/aromatic N) is 2. The van der Waals surface area contributed by atoms with Crippen LogP contribution in [0.3, 0.4) is 0 Å². The van der Waals surface area contributed by atoms with E-state index < -0.39 is 11.8 Å². The first-order chi connectivity index (χ1) is 14.9. The van der Waals surface area contributed by atoms with E-state index in [2.05, 4.69) is 31.0 Å². The summed E-state index contributed by atoms with van der Waals surface area (Å²) in [5.41, 5.74) is 1.37. The lowest BCUT2D eigenvalue weighted by atomic mass is 10.1. The zero-order valence-electron chi connectivity index (χ0n) is 18.5. The average molecular weight is 424 g/mol. The second kappa shape index (κ2) is 9.75. The first-order valence-electron chi connectivity index (χ1n) is 10.6. The highest BCUT2D eigenvalue weighted by atomic mass is 16.5. The number of amides is 3. The number of likely N-dealkylation sites (N-methyl/N-ethyl adjacent to an activating group) is 1. The van der Waals surface area contributed by atoms with Crippen LogP contribution in [0.1, 0.15) is 58.8 Å². The Kier molecular flexibility index (Phi) is 7.07. The van der Waals surface area contributed by atoms with Gasteiger partial charge in [-0.15, -0.1) is 0 Å². The fourth-order valence-electron chi connectivity index (χ4n) is 3.67. The van der Waals surface area contributed by atoms with Crippen LogP contribution in [0.2, 0.25) is 0 Å². The SMILES string of the molecule is CCOc1ccc(N2C(=O)c3ccc(C(=O)NCCN(CC)C(C)C)cc3C2=O)cc1. The van der Waals surface area contributed by atoms with E-state index in [1.807, 2.05) is 6.92 Å². The number of rotatable bonds is 9. The van der Waals surface area contributed by atoms with E-state index >= 15 is 0 Å². The molecule has 1 N–H and O–H groups in total. The normalized spacial score (nSPS) is 13.2. The summed E-state index contributed by atoms with van der Waals surface area (Å²) >= 11 is 0. The molecule has 3 rings (SSSR count). The Balaban J connectivity index is 1.72. The molecule has 0 saturated heterocycles. The minimum atomic E-state index is -0.434. The fourth-order valence-corrected chi connectivity index (χ4v) is 3.67. The van der Waals surface area contributed by atoms with Crippen LogP contribution < -0.4 is 15.0 Å². The van der Waals surface area contributed by atoms with Gasteiger partial charge < -0.3 is 10.1 Å². The lowest BCUT2D eigenvalue weighted by molar-refractivity contribution is 0.0923. The topological polar surface area (TPSA) is 79.0 Å². The van der Waals surface area contributed by atoms with Crippen molar-refractivity contribution >= 4 is 23.4 Å². The number of ether oxygens (including phenoxy) is 1. The molecule has 0 spiro atoms. The average Bonchev–Trinajstić information content (AvgIpc) is 3.01. The fraction of sp³-hybridized carbons (Fsp3) is 0.375. The maximum Gasteiger partial charge on any atom is 0.266 e. The summed E-state index contributed by atoms with van der Waals surface area (Å²) in [5.74, 6) is -0.425. The summed E-state index contributed by atoms with van der Waals surface area (Å²) in [7, 11) is 0. The molecule has 1 heterocycles. The molecule has 0 radical (unpaired) electrons. The molecule has 7 heteroatoms. The number of benzene rings is 2. The van der Waals surface area contributed by atoms with Crippen molar-refractivity contribution in [1.29, 1.82) is 0 Å². The van der Waals surface area contributed by atoms with Crippen molar-refractivity contribution in [3.8, 4) is 5.75 Å². The van der Waals surface area contributed by atoms with E-state index in [0.29, 0.717) is 41.8 Å². The number of imide groups is 1. The van der Waals surface area contributed by atoms with Crippen molar-refractivity contribution in [2.45, 2.75) is 33.7 Å². The maximum atomic E-state index is 12.9. The van der Waals surface area contributed by atoms with Crippen molar-refractivity contribution in [3.63, 3.8) is 0 Å². The highest BCUT2D eigenvalue weighted by molar-refractivity contribution is 6.34. The molecule has 0 fully saturated rings. The largest absolute Gasteiger partial charge is 0.494 e. The minimum Gasteiger partial charge on any atom is -0.494 e. The molecule has 3 amide bonds. The van der Waals surface area contributed by atoms with Gasteiger partial charge in [-0.25, -0.2) is 4.90 Å². The van der Waals surface area contributed by atoms with Crippen LogP contribution in [0.25, 0.3) is 0 Å². The zero-order valence-corrected chi connectivity index (χ0v) is 18.5. The van der Waals surface area contributed by atoms with Crippen LogP contribution in [0.4, 0.5) is 5.69 Å². The van der Waals surface area contributed by atoms with Gasteiger partial charge in [-0.1, -0.05) is 6.92 Å².